The molecular formula is C22H27N5O3S. The van der Waals surface area contributed by atoms with Gasteiger partial charge in [-0.05, 0) is 49.9 Å². The van der Waals surface area contributed by atoms with E-state index in [2.05, 4.69) is 22.2 Å². The Balaban J connectivity index is 1.55. The maximum atomic E-state index is 13.2. The molecule has 0 aromatic carbocycles. The summed E-state index contributed by atoms with van der Waals surface area (Å²) in [5.74, 6) is 0.185. The van der Waals surface area contributed by atoms with E-state index in [9.17, 15) is 13.2 Å². The first-order chi connectivity index (χ1) is 14.8. The lowest BCUT2D eigenvalue weighted by molar-refractivity contribution is 0.0942. The van der Waals surface area contributed by atoms with Crippen molar-refractivity contribution in [1.29, 1.82) is 0 Å². The third-order valence-corrected chi connectivity index (χ3v) is 8.12. The zero-order chi connectivity index (χ0) is 22.2. The van der Waals surface area contributed by atoms with Crippen molar-refractivity contribution in [1.82, 2.24) is 24.2 Å². The van der Waals surface area contributed by atoms with Crippen LogP contribution < -0.4 is 5.32 Å². The van der Waals surface area contributed by atoms with Crippen LogP contribution >= 0.6 is 0 Å². The first-order valence-electron chi connectivity index (χ1n) is 10.4. The molecule has 1 saturated heterocycles. The van der Waals surface area contributed by atoms with Crippen molar-refractivity contribution >= 4 is 26.8 Å². The molecule has 1 amide bonds. The largest absolute Gasteiger partial charge is 0.345 e. The molecule has 1 aliphatic heterocycles. The van der Waals surface area contributed by atoms with Gasteiger partial charge in [-0.1, -0.05) is 6.92 Å². The number of fused-ring (bicyclic) bond motifs is 1. The maximum absolute atomic E-state index is 13.2. The van der Waals surface area contributed by atoms with Gasteiger partial charge in [0, 0.05) is 43.6 Å². The van der Waals surface area contributed by atoms with E-state index in [1.165, 1.54) is 10.4 Å². The highest BCUT2D eigenvalue weighted by atomic mass is 32.2. The van der Waals surface area contributed by atoms with Crippen LogP contribution in [0, 0.1) is 12.8 Å². The Labute approximate surface area is 182 Å². The lowest BCUT2D eigenvalue weighted by atomic mass is 10.0. The van der Waals surface area contributed by atoms with Crippen LogP contribution in [-0.4, -0.2) is 46.3 Å². The van der Waals surface area contributed by atoms with Gasteiger partial charge in [-0.3, -0.25) is 14.8 Å². The molecule has 0 spiro atoms. The number of piperidine rings is 1. The molecule has 4 heterocycles. The summed E-state index contributed by atoms with van der Waals surface area (Å²) in [6.45, 7) is 5.12. The molecule has 1 aliphatic rings. The van der Waals surface area contributed by atoms with E-state index in [4.69, 9.17) is 0 Å². The second kappa shape index (κ2) is 8.39. The van der Waals surface area contributed by atoms with Gasteiger partial charge in [-0.25, -0.2) is 8.42 Å². The van der Waals surface area contributed by atoms with Crippen LogP contribution in [0.4, 0.5) is 0 Å². The quantitative estimate of drug-likeness (QED) is 0.656. The fourth-order valence-corrected chi connectivity index (χ4v) is 5.71. The summed E-state index contributed by atoms with van der Waals surface area (Å²) >= 11 is 0. The lowest BCUT2D eigenvalue weighted by Gasteiger charge is -2.29. The van der Waals surface area contributed by atoms with Crippen molar-refractivity contribution in [3.63, 3.8) is 0 Å². The molecular weight excluding hydrogens is 414 g/mol. The minimum absolute atomic E-state index is 0.196. The van der Waals surface area contributed by atoms with Crippen molar-refractivity contribution in [2.45, 2.75) is 38.1 Å². The summed E-state index contributed by atoms with van der Waals surface area (Å²) < 4.78 is 29.5. The zero-order valence-electron chi connectivity index (χ0n) is 18.0. The summed E-state index contributed by atoms with van der Waals surface area (Å²) in [4.78, 5) is 21.8. The standard InChI is InChI=1S/C22H27N5O3S/c1-15-7-11-27(12-8-15)31(29,30)21-13-20(26(3)16(21)2)22(28)25-14-19-17-5-4-9-23-18(17)6-10-24-19/h4-6,9-10,13,15H,7-8,11-12,14H2,1-3H3,(H,25,28). The number of sulfonamides is 1. The first kappa shape index (κ1) is 21.5. The van der Waals surface area contributed by atoms with Gasteiger partial charge in [0.1, 0.15) is 10.6 Å². The second-order valence-electron chi connectivity index (χ2n) is 8.14. The van der Waals surface area contributed by atoms with Gasteiger partial charge in [0.2, 0.25) is 10.0 Å². The molecule has 9 heteroatoms. The molecule has 3 aromatic rings. The van der Waals surface area contributed by atoms with Gasteiger partial charge in [-0.15, -0.1) is 0 Å². The van der Waals surface area contributed by atoms with Gasteiger partial charge in [0.25, 0.3) is 5.91 Å². The Morgan fingerprint density at radius 1 is 1.19 bits per heavy atom. The van der Waals surface area contributed by atoms with E-state index < -0.39 is 10.0 Å². The predicted molar refractivity (Wildman–Crippen MR) is 118 cm³/mol. The number of aromatic nitrogens is 3. The molecule has 0 aliphatic carbocycles. The number of rotatable bonds is 5. The van der Waals surface area contributed by atoms with E-state index in [1.54, 1.807) is 30.9 Å². The van der Waals surface area contributed by atoms with Crippen LogP contribution in [0.2, 0.25) is 0 Å². The van der Waals surface area contributed by atoms with Crippen LogP contribution in [0.3, 0.4) is 0 Å². The third-order valence-electron chi connectivity index (χ3n) is 6.11. The van der Waals surface area contributed by atoms with Crippen LogP contribution in [0.5, 0.6) is 0 Å². The molecule has 0 saturated carbocycles. The highest BCUT2D eigenvalue weighted by molar-refractivity contribution is 7.89. The third kappa shape index (κ3) is 4.07. The number of nitrogens with zero attached hydrogens (tertiary/aromatic N) is 4. The average Bonchev–Trinajstić information content (AvgIpc) is 3.07. The molecule has 0 radical (unpaired) electrons. The molecule has 31 heavy (non-hydrogen) atoms. The van der Waals surface area contributed by atoms with Crippen molar-refractivity contribution in [3.05, 3.63) is 53.7 Å². The van der Waals surface area contributed by atoms with Crippen molar-refractivity contribution in [2.24, 2.45) is 13.0 Å². The molecule has 1 fully saturated rings. The van der Waals surface area contributed by atoms with Crippen LogP contribution in [0.15, 0.2) is 41.6 Å². The van der Waals surface area contributed by atoms with Gasteiger partial charge >= 0.3 is 0 Å². The summed E-state index contributed by atoms with van der Waals surface area (Å²) in [5.41, 5.74) is 2.37. The number of pyridine rings is 2. The van der Waals surface area contributed by atoms with Crippen LogP contribution in [0.25, 0.3) is 10.9 Å². The summed E-state index contributed by atoms with van der Waals surface area (Å²) in [6, 6.07) is 7.04. The highest BCUT2D eigenvalue weighted by Crippen LogP contribution is 2.27. The summed E-state index contributed by atoms with van der Waals surface area (Å²) in [7, 11) is -1.93. The van der Waals surface area contributed by atoms with E-state index in [0.717, 1.165) is 23.7 Å². The SMILES string of the molecule is Cc1c(S(=O)(=O)N2CCC(C)CC2)cc(C(=O)NCc2nccc3ncccc23)n1C. The molecule has 3 aromatic heterocycles. The molecule has 164 valence electrons. The fraction of sp³-hybridized carbons (Fsp3) is 0.409. The lowest BCUT2D eigenvalue weighted by Crippen LogP contribution is -2.38. The number of nitrogens with one attached hydrogen (secondary N) is 1. The monoisotopic (exact) mass is 441 g/mol. The maximum Gasteiger partial charge on any atom is 0.268 e. The number of carbonyl (C=O) groups is 1. The molecule has 0 unspecified atom stereocenters. The van der Waals surface area contributed by atoms with Crippen molar-refractivity contribution < 1.29 is 13.2 Å². The van der Waals surface area contributed by atoms with Crippen LogP contribution in [-0.2, 0) is 23.6 Å². The summed E-state index contributed by atoms with van der Waals surface area (Å²) in [6.07, 6.45) is 5.08. The van der Waals surface area contributed by atoms with Gasteiger partial charge in [0.15, 0.2) is 0 Å². The smallest absolute Gasteiger partial charge is 0.268 e. The molecule has 0 bridgehead atoms. The molecule has 1 N–H and O–H groups in total. The van der Waals surface area contributed by atoms with E-state index in [0.29, 0.717) is 36.1 Å². The van der Waals surface area contributed by atoms with E-state index in [1.807, 2.05) is 18.2 Å². The van der Waals surface area contributed by atoms with Gasteiger partial charge < -0.3 is 9.88 Å². The average molecular weight is 442 g/mol. The van der Waals surface area contributed by atoms with Gasteiger partial charge in [-0.2, -0.15) is 4.31 Å². The van der Waals surface area contributed by atoms with Crippen molar-refractivity contribution in [2.75, 3.05) is 13.1 Å². The Kier molecular flexibility index (Phi) is 5.81. The van der Waals surface area contributed by atoms with E-state index in [-0.39, 0.29) is 17.3 Å². The number of hydrogen-bond acceptors (Lipinski definition) is 5. The number of hydrogen-bond donors (Lipinski definition) is 1. The Bertz CT molecular complexity index is 1220. The van der Waals surface area contributed by atoms with Crippen molar-refractivity contribution in [3.8, 4) is 0 Å². The Hall–Kier alpha value is -2.78. The minimum Gasteiger partial charge on any atom is -0.345 e. The molecule has 0 atom stereocenters. The topological polar surface area (TPSA) is 97.2 Å². The molecule has 4 rings (SSSR count). The predicted octanol–water partition coefficient (Wildman–Crippen LogP) is 2.63. The Morgan fingerprint density at radius 2 is 1.94 bits per heavy atom. The second-order valence-corrected chi connectivity index (χ2v) is 10.0. The van der Waals surface area contributed by atoms with E-state index >= 15 is 0 Å². The minimum atomic E-state index is -3.64. The number of amides is 1. The van der Waals surface area contributed by atoms with Crippen LogP contribution in [0.1, 0.15) is 41.6 Å². The van der Waals surface area contributed by atoms with Gasteiger partial charge in [0.05, 0.1) is 17.8 Å². The number of carbonyl (C=O) groups excluding carboxylic acids is 1. The normalized spacial score (nSPS) is 16.0. The highest BCUT2D eigenvalue weighted by Gasteiger charge is 2.32. The fourth-order valence-electron chi connectivity index (χ4n) is 3.97. The zero-order valence-corrected chi connectivity index (χ0v) is 18.8. The summed E-state index contributed by atoms with van der Waals surface area (Å²) in [5, 5.41) is 3.74. The first-order valence-corrected chi connectivity index (χ1v) is 11.9. The molecule has 8 nitrogen and oxygen atoms in total. The Morgan fingerprint density at radius 3 is 2.68 bits per heavy atom.